The van der Waals surface area contributed by atoms with E-state index in [0.717, 1.165) is 83.5 Å². The molecule has 0 amide bonds. The van der Waals surface area contributed by atoms with Crippen LogP contribution in [0.3, 0.4) is 0 Å². The Morgan fingerprint density at radius 3 is 1.28 bits per heavy atom. The fourth-order valence-electron chi connectivity index (χ4n) is 5.83. The van der Waals surface area contributed by atoms with Crippen molar-refractivity contribution in [2.45, 2.75) is 187 Å². The number of hydrogen-bond acceptors (Lipinski definition) is 6. The molecule has 0 aromatic heterocycles. The Morgan fingerprint density at radius 1 is 0.367 bits per heavy atom. The largest absolute Gasteiger partial charge is 0.462 e. The Morgan fingerprint density at radius 2 is 0.750 bits per heavy atom. The minimum atomic E-state index is -0.833. The van der Waals surface area contributed by atoms with Crippen LogP contribution in [0, 0.1) is 0 Å². The van der Waals surface area contributed by atoms with Gasteiger partial charge >= 0.3 is 17.9 Å². The highest BCUT2D eigenvalue weighted by atomic mass is 16.6. The van der Waals surface area contributed by atoms with E-state index in [0.29, 0.717) is 19.3 Å². The van der Waals surface area contributed by atoms with Crippen molar-refractivity contribution in [3.63, 3.8) is 0 Å². The van der Waals surface area contributed by atoms with Crippen molar-refractivity contribution in [2.75, 3.05) is 13.2 Å². The Labute approximate surface area is 367 Å². The van der Waals surface area contributed by atoms with Gasteiger partial charge in [0.2, 0.25) is 0 Å². The molecule has 1 unspecified atom stereocenters. The van der Waals surface area contributed by atoms with Gasteiger partial charge in [0.15, 0.2) is 6.10 Å². The van der Waals surface area contributed by atoms with Crippen LogP contribution in [0.5, 0.6) is 0 Å². The van der Waals surface area contributed by atoms with Crippen LogP contribution in [0.2, 0.25) is 0 Å². The van der Waals surface area contributed by atoms with Gasteiger partial charge in [0.25, 0.3) is 0 Å². The first kappa shape index (κ1) is 55.8. The molecule has 0 N–H and O–H groups in total. The summed E-state index contributed by atoms with van der Waals surface area (Å²) in [5.74, 6) is -1.06. The molecule has 0 saturated heterocycles. The number of carbonyl (C=O) groups is 3. The maximum absolute atomic E-state index is 12.7. The average molecular weight is 829 g/mol. The Kier molecular flexibility index (Phi) is 44.2. The Balaban J connectivity index is 4.58. The molecule has 336 valence electrons. The summed E-state index contributed by atoms with van der Waals surface area (Å²) in [7, 11) is 0. The number of allylic oxidation sites excluding steroid dienone is 20. The molecule has 0 radical (unpaired) electrons. The molecule has 0 aromatic carbocycles. The van der Waals surface area contributed by atoms with Crippen molar-refractivity contribution in [1.29, 1.82) is 0 Å². The van der Waals surface area contributed by atoms with E-state index in [2.05, 4.69) is 93.7 Å². The van der Waals surface area contributed by atoms with Gasteiger partial charge in [-0.25, -0.2) is 0 Å². The minimum absolute atomic E-state index is 0.129. The van der Waals surface area contributed by atoms with Gasteiger partial charge in [-0.2, -0.15) is 0 Å². The van der Waals surface area contributed by atoms with Crippen molar-refractivity contribution in [1.82, 2.24) is 0 Å². The van der Waals surface area contributed by atoms with E-state index in [-0.39, 0.29) is 44.0 Å². The molecular weight excluding hydrogens is 745 g/mol. The SMILES string of the molecule is CC\C=C/C=C\C=C/C=C\C=C/CCCCCC(=O)OC(COC(=O)CCC/C=C\C/C=C\C/C=C\CC)COC(=O)CCCCC/C=C\C=C/CCCCCCCCC. The van der Waals surface area contributed by atoms with Gasteiger partial charge in [0.05, 0.1) is 0 Å². The molecule has 0 saturated carbocycles. The Bertz CT molecular complexity index is 1320. The quantitative estimate of drug-likeness (QED) is 0.0201. The van der Waals surface area contributed by atoms with Crippen molar-refractivity contribution >= 4 is 17.9 Å². The molecule has 0 fully saturated rings. The van der Waals surface area contributed by atoms with E-state index in [1.54, 1.807) is 0 Å². The van der Waals surface area contributed by atoms with Crippen LogP contribution in [0.15, 0.2) is 122 Å². The normalized spacial score (nSPS) is 13.2. The van der Waals surface area contributed by atoms with Crippen LogP contribution in [-0.4, -0.2) is 37.2 Å². The predicted octanol–water partition coefficient (Wildman–Crippen LogP) is 15.4. The van der Waals surface area contributed by atoms with E-state index >= 15 is 0 Å². The average Bonchev–Trinajstić information content (AvgIpc) is 3.24. The maximum atomic E-state index is 12.7. The first-order valence-electron chi connectivity index (χ1n) is 23.6. The second-order valence-electron chi connectivity index (χ2n) is 15.0. The fraction of sp³-hybridized carbons (Fsp3) is 0.574. The zero-order chi connectivity index (χ0) is 43.7. The standard InChI is InChI=1S/C54H84O6/c1-4-7-10-13-16-19-22-24-26-28-29-32-35-38-41-44-47-53(56)59-50-51(49-58-52(55)46-43-40-37-34-31-21-18-15-12-9-6-3)60-54(57)48-45-42-39-36-33-30-27-25-23-20-17-14-11-8-5-2/h8-9,11-12,14,17-18,20-21,23,25-30,32-34,37,51H,4-7,10,13,15-16,19,22,24,31,35-36,38-50H2,1-3H3/b11-8-,12-9-,17-14-,21-18-,23-20-,27-25-,28-26-,32-29-,33-30-,37-34-. The summed E-state index contributed by atoms with van der Waals surface area (Å²) in [4.78, 5) is 37.8. The molecule has 6 heteroatoms. The lowest BCUT2D eigenvalue weighted by Gasteiger charge is -2.18. The van der Waals surface area contributed by atoms with Crippen molar-refractivity contribution in [2.24, 2.45) is 0 Å². The number of esters is 3. The molecule has 0 spiro atoms. The van der Waals surface area contributed by atoms with Crippen molar-refractivity contribution < 1.29 is 28.6 Å². The van der Waals surface area contributed by atoms with Crippen LogP contribution < -0.4 is 0 Å². The third-order valence-electron chi connectivity index (χ3n) is 9.34. The van der Waals surface area contributed by atoms with E-state index in [1.807, 2.05) is 48.6 Å². The molecular formula is C54H84O6. The van der Waals surface area contributed by atoms with Crippen molar-refractivity contribution in [3.05, 3.63) is 122 Å². The monoisotopic (exact) mass is 829 g/mol. The summed E-state index contributed by atoms with van der Waals surface area (Å²) in [6.07, 6.45) is 64.8. The summed E-state index contributed by atoms with van der Waals surface area (Å²) < 4.78 is 16.6. The summed E-state index contributed by atoms with van der Waals surface area (Å²) in [5.41, 5.74) is 0. The Hall–Kier alpha value is -4.19. The molecule has 0 aliphatic rings. The second kappa shape index (κ2) is 47.5. The number of carbonyl (C=O) groups excluding carboxylic acids is 3. The molecule has 0 heterocycles. The summed E-state index contributed by atoms with van der Waals surface area (Å²) in [5, 5.41) is 0. The van der Waals surface area contributed by atoms with Crippen LogP contribution in [0.25, 0.3) is 0 Å². The van der Waals surface area contributed by atoms with E-state index in [1.165, 1.54) is 44.9 Å². The summed E-state index contributed by atoms with van der Waals surface area (Å²) in [6, 6.07) is 0. The van der Waals surface area contributed by atoms with Gasteiger partial charge in [0, 0.05) is 19.3 Å². The molecule has 0 rings (SSSR count). The molecule has 60 heavy (non-hydrogen) atoms. The van der Waals surface area contributed by atoms with E-state index in [9.17, 15) is 14.4 Å². The molecule has 1 atom stereocenters. The highest BCUT2D eigenvalue weighted by molar-refractivity contribution is 5.71. The lowest BCUT2D eigenvalue weighted by Crippen LogP contribution is -2.30. The van der Waals surface area contributed by atoms with Crippen LogP contribution in [0.1, 0.15) is 181 Å². The van der Waals surface area contributed by atoms with E-state index in [4.69, 9.17) is 14.2 Å². The van der Waals surface area contributed by atoms with E-state index < -0.39 is 6.10 Å². The molecule has 0 aliphatic carbocycles. The second-order valence-corrected chi connectivity index (χ2v) is 15.0. The van der Waals surface area contributed by atoms with Crippen molar-refractivity contribution in [3.8, 4) is 0 Å². The van der Waals surface area contributed by atoms with Gasteiger partial charge in [-0.1, -0.05) is 194 Å². The summed E-state index contributed by atoms with van der Waals surface area (Å²) in [6.45, 7) is 6.23. The highest BCUT2D eigenvalue weighted by Crippen LogP contribution is 2.11. The van der Waals surface area contributed by atoms with Crippen LogP contribution in [0.4, 0.5) is 0 Å². The molecule has 0 aliphatic heterocycles. The zero-order valence-corrected chi connectivity index (χ0v) is 38.2. The number of hydrogen-bond donors (Lipinski definition) is 0. The summed E-state index contributed by atoms with van der Waals surface area (Å²) >= 11 is 0. The zero-order valence-electron chi connectivity index (χ0n) is 38.2. The van der Waals surface area contributed by atoms with Crippen LogP contribution >= 0.6 is 0 Å². The topological polar surface area (TPSA) is 78.9 Å². The third-order valence-corrected chi connectivity index (χ3v) is 9.34. The van der Waals surface area contributed by atoms with Gasteiger partial charge in [0.1, 0.15) is 13.2 Å². The third kappa shape index (κ3) is 44.9. The molecule has 0 bridgehead atoms. The first-order chi connectivity index (χ1) is 29.5. The minimum Gasteiger partial charge on any atom is -0.462 e. The first-order valence-corrected chi connectivity index (χ1v) is 23.6. The van der Waals surface area contributed by atoms with Gasteiger partial charge < -0.3 is 14.2 Å². The lowest BCUT2D eigenvalue weighted by atomic mass is 10.1. The molecule has 6 nitrogen and oxygen atoms in total. The number of unbranched alkanes of at least 4 members (excludes halogenated alkanes) is 14. The lowest BCUT2D eigenvalue weighted by molar-refractivity contribution is -0.167. The number of ether oxygens (including phenoxy) is 3. The predicted molar refractivity (Wildman–Crippen MR) is 256 cm³/mol. The highest BCUT2D eigenvalue weighted by Gasteiger charge is 2.19. The smallest absolute Gasteiger partial charge is 0.306 e. The van der Waals surface area contributed by atoms with Crippen LogP contribution in [-0.2, 0) is 28.6 Å². The number of rotatable bonds is 40. The van der Waals surface area contributed by atoms with Gasteiger partial charge in [-0.3, -0.25) is 14.4 Å². The maximum Gasteiger partial charge on any atom is 0.306 e. The molecule has 0 aromatic rings. The van der Waals surface area contributed by atoms with Gasteiger partial charge in [-0.15, -0.1) is 0 Å². The van der Waals surface area contributed by atoms with Gasteiger partial charge in [-0.05, 0) is 89.9 Å². The fourth-order valence-corrected chi connectivity index (χ4v) is 5.83.